The van der Waals surface area contributed by atoms with Gasteiger partial charge in [-0.2, -0.15) is 0 Å². The maximum Gasteiger partial charge on any atom is 0.185 e. The molecule has 1 fully saturated rings. The number of benzene rings is 1. The van der Waals surface area contributed by atoms with Gasteiger partial charge in [-0.15, -0.1) is 0 Å². The Balaban J connectivity index is 2.10. The van der Waals surface area contributed by atoms with E-state index < -0.39 is 9.84 Å². The third-order valence-corrected chi connectivity index (χ3v) is 8.54. The first-order valence-corrected chi connectivity index (χ1v) is 9.74. The maximum atomic E-state index is 13.3. The summed E-state index contributed by atoms with van der Waals surface area (Å²) in [7, 11) is -1.76. The molecule has 0 spiro atoms. The minimum absolute atomic E-state index is 0.181. The number of allylic oxidation sites excluding steroid dienone is 1. The van der Waals surface area contributed by atoms with E-state index in [2.05, 4.69) is 13.8 Å². The summed E-state index contributed by atoms with van der Waals surface area (Å²) in [4.78, 5) is 0.488. The number of hydrogen-bond acceptors (Lipinski definition) is 3. The SMILES string of the molecule is COc1cc(C)c(S(=O)(=O)C2CC3CC(=C2C)C3(C)C)c(C)c1. The van der Waals surface area contributed by atoms with Crippen LogP contribution in [0.1, 0.15) is 44.7 Å². The van der Waals surface area contributed by atoms with Gasteiger partial charge in [0.1, 0.15) is 5.75 Å². The molecule has 1 aromatic rings. The lowest BCUT2D eigenvalue weighted by molar-refractivity contribution is 0.134. The van der Waals surface area contributed by atoms with Crippen LogP contribution in [0, 0.1) is 25.2 Å². The number of rotatable bonds is 3. The fraction of sp³-hybridized carbons (Fsp3) is 0.579. The van der Waals surface area contributed by atoms with Gasteiger partial charge in [0.15, 0.2) is 9.84 Å². The summed E-state index contributed by atoms with van der Waals surface area (Å²) >= 11 is 0. The second-order valence-corrected chi connectivity index (χ2v) is 9.71. The fourth-order valence-corrected chi connectivity index (χ4v) is 6.93. The van der Waals surface area contributed by atoms with Crippen molar-refractivity contribution < 1.29 is 13.2 Å². The zero-order valence-corrected chi connectivity index (χ0v) is 15.7. The largest absolute Gasteiger partial charge is 0.497 e. The van der Waals surface area contributed by atoms with Crippen molar-refractivity contribution in [1.29, 1.82) is 0 Å². The van der Waals surface area contributed by atoms with E-state index in [1.807, 2.05) is 32.9 Å². The van der Waals surface area contributed by atoms with Crippen molar-refractivity contribution in [1.82, 2.24) is 0 Å². The molecule has 0 amide bonds. The van der Waals surface area contributed by atoms with Gasteiger partial charge in [-0.25, -0.2) is 8.42 Å². The van der Waals surface area contributed by atoms with Crippen molar-refractivity contribution in [2.45, 2.75) is 57.6 Å². The summed E-state index contributed by atoms with van der Waals surface area (Å²) in [6, 6.07) is 3.63. The average molecular weight is 334 g/mol. The van der Waals surface area contributed by atoms with E-state index >= 15 is 0 Å². The zero-order chi connectivity index (χ0) is 17.2. The smallest absolute Gasteiger partial charge is 0.185 e. The number of ether oxygens (including phenoxy) is 1. The number of aryl methyl sites for hydroxylation is 2. The Hall–Kier alpha value is -1.29. The molecule has 0 saturated heterocycles. The monoisotopic (exact) mass is 334 g/mol. The maximum absolute atomic E-state index is 13.3. The molecule has 0 radical (unpaired) electrons. The van der Waals surface area contributed by atoms with E-state index in [0.29, 0.717) is 16.6 Å². The molecule has 4 heteroatoms. The highest BCUT2D eigenvalue weighted by Gasteiger charge is 2.52. The Bertz CT molecular complexity index is 777. The lowest BCUT2D eigenvalue weighted by atomic mass is 9.52. The van der Waals surface area contributed by atoms with Crippen LogP contribution in [0.2, 0.25) is 0 Å². The molecular weight excluding hydrogens is 308 g/mol. The van der Waals surface area contributed by atoms with Crippen LogP contribution in [0.4, 0.5) is 0 Å². The first kappa shape index (κ1) is 16.6. The standard InChI is InChI=1S/C19H26O3S/c1-11-7-15(22-6)8-12(2)18(11)23(20,21)17-10-14-9-16(13(17)3)19(14,4)5/h7-8,14,17H,9-10H2,1-6H3. The Morgan fingerprint density at radius 1 is 1.13 bits per heavy atom. The van der Waals surface area contributed by atoms with Gasteiger partial charge in [-0.05, 0) is 68.2 Å². The quantitative estimate of drug-likeness (QED) is 0.777. The molecule has 3 nitrogen and oxygen atoms in total. The van der Waals surface area contributed by atoms with Crippen LogP contribution in [0.25, 0.3) is 0 Å². The van der Waals surface area contributed by atoms with Crippen LogP contribution in [0.15, 0.2) is 28.2 Å². The second-order valence-electron chi connectivity index (χ2n) is 7.64. The highest BCUT2D eigenvalue weighted by Crippen LogP contribution is 2.59. The molecule has 0 aromatic heterocycles. The average Bonchev–Trinajstić information content (AvgIpc) is 2.45. The molecule has 0 heterocycles. The third-order valence-electron chi connectivity index (χ3n) is 6.04. The van der Waals surface area contributed by atoms with E-state index in [-0.39, 0.29) is 10.7 Å². The summed E-state index contributed by atoms with van der Waals surface area (Å²) in [6.45, 7) is 10.2. The van der Waals surface area contributed by atoms with Crippen molar-refractivity contribution in [3.8, 4) is 5.75 Å². The van der Waals surface area contributed by atoms with Crippen molar-refractivity contribution >= 4 is 9.84 Å². The summed E-state index contributed by atoms with van der Waals surface area (Å²) in [6.07, 6.45) is 1.82. The number of hydrogen-bond donors (Lipinski definition) is 0. The van der Waals surface area contributed by atoms with E-state index in [0.717, 1.165) is 29.5 Å². The second kappa shape index (κ2) is 5.10. The molecule has 2 bridgehead atoms. The highest BCUT2D eigenvalue weighted by atomic mass is 32.2. The predicted molar refractivity (Wildman–Crippen MR) is 92.6 cm³/mol. The molecule has 0 N–H and O–H groups in total. The van der Waals surface area contributed by atoms with Crippen LogP contribution in [0.5, 0.6) is 5.75 Å². The summed E-state index contributed by atoms with van der Waals surface area (Å²) in [5.41, 5.74) is 4.16. The zero-order valence-electron chi connectivity index (χ0n) is 14.9. The topological polar surface area (TPSA) is 43.4 Å². The molecule has 3 aliphatic carbocycles. The molecule has 4 rings (SSSR count). The Morgan fingerprint density at radius 2 is 1.70 bits per heavy atom. The Morgan fingerprint density at radius 3 is 2.13 bits per heavy atom. The Labute approximate surface area is 139 Å². The van der Waals surface area contributed by atoms with Gasteiger partial charge in [-0.1, -0.05) is 25.0 Å². The van der Waals surface area contributed by atoms with E-state index in [1.165, 1.54) is 5.57 Å². The predicted octanol–water partition coefficient (Wildman–Crippen LogP) is 4.22. The lowest BCUT2D eigenvalue weighted by Gasteiger charge is -2.54. The minimum atomic E-state index is -3.36. The number of sulfone groups is 1. The molecule has 3 aliphatic rings. The number of methoxy groups -OCH3 is 1. The van der Waals surface area contributed by atoms with Crippen LogP contribution in [-0.4, -0.2) is 20.8 Å². The molecule has 0 aliphatic heterocycles. The van der Waals surface area contributed by atoms with Crippen molar-refractivity contribution in [2.24, 2.45) is 11.3 Å². The molecular formula is C19H26O3S. The molecule has 2 atom stereocenters. The van der Waals surface area contributed by atoms with Gasteiger partial charge >= 0.3 is 0 Å². The lowest BCUT2D eigenvalue weighted by Crippen LogP contribution is -2.48. The first-order chi connectivity index (χ1) is 10.6. The van der Waals surface area contributed by atoms with E-state index in [9.17, 15) is 8.42 Å². The van der Waals surface area contributed by atoms with Crippen LogP contribution < -0.4 is 4.74 Å². The van der Waals surface area contributed by atoms with E-state index in [1.54, 1.807) is 7.11 Å². The highest BCUT2D eigenvalue weighted by molar-refractivity contribution is 7.92. The third kappa shape index (κ3) is 2.25. The number of fused-ring (bicyclic) bond motifs is 2. The molecule has 23 heavy (non-hydrogen) atoms. The molecule has 126 valence electrons. The van der Waals surface area contributed by atoms with E-state index in [4.69, 9.17) is 4.74 Å². The first-order valence-electron chi connectivity index (χ1n) is 8.20. The van der Waals surface area contributed by atoms with Gasteiger partial charge in [0.2, 0.25) is 0 Å². The van der Waals surface area contributed by atoms with Crippen molar-refractivity contribution in [2.75, 3.05) is 7.11 Å². The minimum Gasteiger partial charge on any atom is -0.497 e. The van der Waals surface area contributed by atoms with Crippen molar-refractivity contribution in [3.05, 3.63) is 34.4 Å². The Kier molecular flexibility index (Phi) is 3.67. The van der Waals surface area contributed by atoms with Gasteiger partial charge in [-0.3, -0.25) is 0 Å². The molecule has 1 saturated carbocycles. The molecule has 2 unspecified atom stereocenters. The summed E-state index contributed by atoms with van der Waals surface area (Å²) in [5, 5.41) is -0.366. The summed E-state index contributed by atoms with van der Waals surface area (Å²) < 4.78 is 31.9. The van der Waals surface area contributed by atoms with Crippen LogP contribution in [-0.2, 0) is 9.84 Å². The molecule has 1 aromatic carbocycles. The van der Waals surface area contributed by atoms with Crippen LogP contribution >= 0.6 is 0 Å². The fourth-order valence-electron chi connectivity index (χ4n) is 4.54. The van der Waals surface area contributed by atoms with Crippen LogP contribution in [0.3, 0.4) is 0 Å². The van der Waals surface area contributed by atoms with Gasteiger partial charge in [0.25, 0.3) is 0 Å². The summed E-state index contributed by atoms with van der Waals surface area (Å²) in [5.74, 6) is 1.20. The van der Waals surface area contributed by atoms with Crippen molar-refractivity contribution in [3.63, 3.8) is 0 Å². The van der Waals surface area contributed by atoms with Gasteiger partial charge in [0, 0.05) is 0 Å². The van der Waals surface area contributed by atoms with Gasteiger partial charge in [0.05, 0.1) is 17.3 Å². The normalized spacial score (nSPS) is 26.0. The van der Waals surface area contributed by atoms with Gasteiger partial charge < -0.3 is 4.74 Å².